The highest BCUT2D eigenvalue weighted by molar-refractivity contribution is 5.94. The van der Waals surface area contributed by atoms with Crippen molar-refractivity contribution >= 4 is 5.91 Å². The number of carbonyl (C=O) groups is 1. The van der Waals surface area contributed by atoms with Crippen LogP contribution in [0.2, 0.25) is 0 Å². The summed E-state index contributed by atoms with van der Waals surface area (Å²) < 4.78 is 19.0. The average Bonchev–Trinajstić information content (AvgIpc) is 2.29. The van der Waals surface area contributed by atoms with Crippen LogP contribution in [0, 0.1) is 12.7 Å². The lowest BCUT2D eigenvalue weighted by molar-refractivity contribution is 0.00335. The van der Waals surface area contributed by atoms with E-state index in [4.69, 9.17) is 4.74 Å². The van der Waals surface area contributed by atoms with E-state index in [2.05, 4.69) is 0 Å². The molecule has 3 nitrogen and oxygen atoms in total. The highest BCUT2D eigenvalue weighted by Gasteiger charge is 2.26. The van der Waals surface area contributed by atoms with Gasteiger partial charge in [0, 0.05) is 6.54 Å². The molecule has 0 aromatic heterocycles. The molecule has 1 fully saturated rings. The fraction of sp³-hybridized carbons (Fsp3) is 0.462. The van der Waals surface area contributed by atoms with E-state index >= 15 is 0 Å². The Bertz CT molecular complexity index is 433. The van der Waals surface area contributed by atoms with Gasteiger partial charge >= 0.3 is 0 Å². The third-order valence-corrected chi connectivity index (χ3v) is 2.98. The molecule has 0 spiro atoms. The number of nitrogens with zero attached hydrogens (tertiary/aromatic N) is 1. The average molecular weight is 237 g/mol. The lowest BCUT2D eigenvalue weighted by atomic mass is 10.1. The van der Waals surface area contributed by atoms with Crippen molar-refractivity contribution in [2.75, 3.05) is 19.8 Å². The van der Waals surface area contributed by atoms with Crippen LogP contribution in [0.1, 0.15) is 22.8 Å². The van der Waals surface area contributed by atoms with E-state index in [1.165, 1.54) is 6.07 Å². The van der Waals surface area contributed by atoms with Crippen molar-refractivity contribution in [3.05, 3.63) is 35.1 Å². The third kappa shape index (κ3) is 2.47. The second-order valence-electron chi connectivity index (χ2n) is 4.41. The van der Waals surface area contributed by atoms with Gasteiger partial charge < -0.3 is 9.64 Å². The van der Waals surface area contributed by atoms with Gasteiger partial charge in [-0.3, -0.25) is 4.79 Å². The van der Waals surface area contributed by atoms with Crippen LogP contribution < -0.4 is 0 Å². The minimum absolute atomic E-state index is 0.00282. The number of ether oxygens (including phenoxy) is 1. The first-order valence-electron chi connectivity index (χ1n) is 5.74. The molecule has 1 saturated heterocycles. The van der Waals surface area contributed by atoms with Crippen molar-refractivity contribution in [3.8, 4) is 0 Å². The highest BCUT2D eigenvalue weighted by atomic mass is 19.1. The van der Waals surface area contributed by atoms with Gasteiger partial charge in [0.05, 0.1) is 24.8 Å². The summed E-state index contributed by atoms with van der Waals surface area (Å²) in [6, 6.07) is 4.69. The molecule has 1 amide bonds. The number of carbonyl (C=O) groups excluding carboxylic acids is 1. The van der Waals surface area contributed by atoms with Crippen LogP contribution in [0.3, 0.4) is 0 Å². The molecule has 17 heavy (non-hydrogen) atoms. The van der Waals surface area contributed by atoms with Crippen LogP contribution in [-0.4, -0.2) is 36.6 Å². The molecule has 0 N–H and O–H groups in total. The van der Waals surface area contributed by atoms with Crippen LogP contribution in [0.4, 0.5) is 4.39 Å². The molecule has 1 heterocycles. The molecule has 0 bridgehead atoms. The SMILES string of the molecule is Cc1ccc(C(=O)N2CCOC[C@H]2C)c(F)c1. The normalized spacial score (nSPS) is 20.4. The monoisotopic (exact) mass is 237 g/mol. The zero-order chi connectivity index (χ0) is 12.4. The van der Waals surface area contributed by atoms with Gasteiger partial charge in [-0.15, -0.1) is 0 Å². The van der Waals surface area contributed by atoms with E-state index in [9.17, 15) is 9.18 Å². The van der Waals surface area contributed by atoms with Crippen LogP contribution >= 0.6 is 0 Å². The predicted octanol–water partition coefficient (Wildman–Crippen LogP) is 2.00. The molecule has 1 aromatic carbocycles. The van der Waals surface area contributed by atoms with E-state index in [0.717, 1.165) is 5.56 Å². The van der Waals surface area contributed by atoms with E-state index < -0.39 is 5.82 Å². The summed E-state index contributed by atoms with van der Waals surface area (Å²) in [6.45, 7) is 5.26. The Morgan fingerprint density at radius 2 is 2.29 bits per heavy atom. The Morgan fingerprint density at radius 1 is 1.53 bits per heavy atom. The Kier molecular flexibility index (Phi) is 3.43. The molecule has 1 aliphatic heterocycles. The van der Waals surface area contributed by atoms with Gasteiger partial charge in [0.2, 0.25) is 0 Å². The van der Waals surface area contributed by atoms with Crippen molar-refractivity contribution in [2.45, 2.75) is 19.9 Å². The zero-order valence-corrected chi connectivity index (χ0v) is 10.1. The van der Waals surface area contributed by atoms with Crippen molar-refractivity contribution in [3.63, 3.8) is 0 Å². The van der Waals surface area contributed by atoms with Crippen molar-refractivity contribution < 1.29 is 13.9 Å². The summed E-state index contributed by atoms with van der Waals surface area (Å²) in [6.07, 6.45) is 0. The Balaban J connectivity index is 2.24. The maximum absolute atomic E-state index is 13.7. The molecule has 0 saturated carbocycles. The first-order chi connectivity index (χ1) is 8.09. The smallest absolute Gasteiger partial charge is 0.257 e. The van der Waals surface area contributed by atoms with Crippen molar-refractivity contribution in [2.24, 2.45) is 0 Å². The summed E-state index contributed by atoms with van der Waals surface area (Å²) in [5.74, 6) is -0.702. The number of halogens is 1. The first kappa shape index (κ1) is 12.0. The molecule has 92 valence electrons. The number of aryl methyl sites for hydroxylation is 1. The van der Waals surface area contributed by atoms with Crippen molar-refractivity contribution in [1.29, 1.82) is 0 Å². The Morgan fingerprint density at radius 3 is 2.94 bits per heavy atom. The van der Waals surface area contributed by atoms with Gasteiger partial charge in [-0.25, -0.2) is 4.39 Å². The number of hydrogen-bond donors (Lipinski definition) is 0. The molecular formula is C13H16FNO2. The molecule has 2 rings (SSSR count). The summed E-state index contributed by atoms with van der Waals surface area (Å²) in [5.41, 5.74) is 0.957. The highest BCUT2D eigenvalue weighted by Crippen LogP contribution is 2.16. The summed E-state index contributed by atoms with van der Waals surface area (Å²) in [5, 5.41) is 0. The number of rotatable bonds is 1. The van der Waals surface area contributed by atoms with Gasteiger partial charge in [0.15, 0.2) is 0 Å². The van der Waals surface area contributed by atoms with Gasteiger partial charge in [-0.2, -0.15) is 0 Å². The van der Waals surface area contributed by atoms with Crippen molar-refractivity contribution in [1.82, 2.24) is 4.90 Å². The van der Waals surface area contributed by atoms with Crippen LogP contribution in [0.15, 0.2) is 18.2 Å². The standard InChI is InChI=1S/C13H16FNO2/c1-9-3-4-11(12(14)7-9)13(16)15-5-6-17-8-10(15)2/h3-4,7,10H,5-6,8H2,1-2H3/t10-/m1/s1. The fourth-order valence-electron chi connectivity index (χ4n) is 1.98. The Labute approximate surface area is 100 Å². The molecule has 4 heteroatoms. The second kappa shape index (κ2) is 4.84. The first-order valence-corrected chi connectivity index (χ1v) is 5.74. The fourth-order valence-corrected chi connectivity index (χ4v) is 1.98. The lowest BCUT2D eigenvalue weighted by Crippen LogP contribution is -2.47. The lowest BCUT2D eigenvalue weighted by Gasteiger charge is -2.33. The summed E-state index contributed by atoms with van der Waals surface area (Å²) in [4.78, 5) is 13.8. The molecule has 0 unspecified atom stereocenters. The van der Waals surface area contributed by atoms with E-state index in [1.807, 2.05) is 6.92 Å². The molecular weight excluding hydrogens is 221 g/mol. The van der Waals surface area contributed by atoms with Crippen LogP contribution in [-0.2, 0) is 4.74 Å². The van der Waals surface area contributed by atoms with Gasteiger partial charge in [-0.1, -0.05) is 6.07 Å². The summed E-state index contributed by atoms with van der Waals surface area (Å²) >= 11 is 0. The Hall–Kier alpha value is -1.42. The predicted molar refractivity (Wildman–Crippen MR) is 62.5 cm³/mol. The second-order valence-corrected chi connectivity index (χ2v) is 4.41. The van der Waals surface area contributed by atoms with E-state index in [-0.39, 0.29) is 17.5 Å². The number of benzene rings is 1. The van der Waals surface area contributed by atoms with Gasteiger partial charge in [0.25, 0.3) is 5.91 Å². The minimum atomic E-state index is -0.450. The van der Waals surface area contributed by atoms with Gasteiger partial charge in [0.1, 0.15) is 5.82 Å². The molecule has 1 aliphatic rings. The number of morpholine rings is 1. The molecule has 0 radical (unpaired) electrons. The quantitative estimate of drug-likeness (QED) is 0.747. The minimum Gasteiger partial charge on any atom is -0.377 e. The summed E-state index contributed by atoms with van der Waals surface area (Å²) in [7, 11) is 0. The maximum atomic E-state index is 13.7. The maximum Gasteiger partial charge on any atom is 0.257 e. The molecule has 1 atom stereocenters. The third-order valence-electron chi connectivity index (χ3n) is 2.98. The number of hydrogen-bond acceptors (Lipinski definition) is 2. The zero-order valence-electron chi connectivity index (χ0n) is 10.1. The van der Waals surface area contributed by atoms with E-state index in [1.54, 1.807) is 24.0 Å². The largest absolute Gasteiger partial charge is 0.377 e. The van der Waals surface area contributed by atoms with Crippen LogP contribution in [0.5, 0.6) is 0 Å². The van der Waals surface area contributed by atoms with Gasteiger partial charge in [-0.05, 0) is 31.5 Å². The van der Waals surface area contributed by atoms with E-state index in [0.29, 0.717) is 19.8 Å². The molecule has 0 aliphatic carbocycles. The topological polar surface area (TPSA) is 29.5 Å². The number of amides is 1. The van der Waals surface area contributed by atoms with Crippen LogP contribution in [0.25, 0.3) is 0 Å². The molecule has 1 aromatic rings.